The molecular formula is C21H23F3N8O3. The van der Waals surface area contributed by atoms with Gasteiger partial charge < -0.3 is 20.0 Å². The van der Waals surface area contributed by atoms with Crippen LogP contribution in [-0.4, -0.2) is 70.5 Å². The van der Waals surface area contributed by atoms with E-state index in [4.69, 9.17) is 10.1 Å². The predicted octanol–water partition coefficient (Wildman–Crippen LogP) is 1.60. The second-order valence-corrected chi connectivity index (χ2v) is 7.85. The Kier molecular flexibility index (Phi) is 7.90. The fraction of sp³-hybridized carbons (Fsp3) is 0.429. The lowest BCUT2D eigenvalue weighted by Crippen LogP contribution is -2.55. The minimum Gasteiger partial charge on any atom is -0.386 e. The zero-order valence-corrected chi connectivity index (χ0v) is 18.9. The van der Waals surface area contributed by atoms with Crippen LogP contribution in [0.5, 0.6) is 0 Å². The van der Waals surface area contributed by atoms with Gasteiger partial charge in [0.15, 0.2) is 6.61 Å². The summed E-state index contributed by atoms with van der Waals surface area (Å²) >= 11 is 0. The van der Waals surface area contributed by atoms with Gasteiger partial charge in [0, 0.05) is 31.9 Å². The second kappa shape index (κ2) is 10.9. The lowest BCUT2D eigenvalue weighted by atomic mass is 10.2. The van der Waals surface area contributed by atoms with Gasteiger partial charge in [0.1, 0.15) is 17.5 Å². The minimum atomic E-state index is -4.87. The number of nitrogens with one attached hydrogen (secondary N) is 2. The van der Waals surface area contributed by atoms with E-state index in [1.807, 2.05) is 17.9 Å². The average molecular weight is 492 g/mol. The van der Waals surface area contributed by atoms with Crippen molar-refractivity contribution in [3.05, 3.63) is 46.0 Å². The number of nitriles is 1. The van der Waals surface area contributed by atoms with Crippen LogP contribution in [0.2, 0.25) is 0 Å². The number of carbonyl (C=O) groups excluding carboxylic acids is 1. The molecule has 2 atom stereocenters. The number of hydrogen-bond acceptors (Lipinski definition) is 9. The van der Waals surface area contributed by atoms with E-state index in [9.17, 15) is 22.8 Å². The highest BCUT2D eigenvalue weighted by Crippen LogP contribution is 2.31. The molecule has 1 saturated heterocycles. The van der Waals surface area contributed by atoms with Crippen LogP contribution in [0, 0.1) is 11.3 Å². The lowest BCUT2D eigenvalue weighted by Gasteiger charge is -2.40. The van der Waals surface area contributed by atoms with Crippen molar-refractivity contribution in [1.29, 1.82) is 5.26 Å². The third-order valence-corrected chi connectivity index (χ3v) is 5.22. The van der Waals surface area contributed by atoms with Crippen LogP contribution < -0.4 is 15.8 Å². The van der Waals surface area contributed by atoms with Crippen LogP contribution in [-0.2, 0) is 15.8 Å². The van der Waals surface area contributed by atoms with Crippen molar-refractivity contribution >= 4 is 23.6 Å². The summed E-state index contributed by atoms with van der Waals surface area (Å²) in [6.45, 7) is 4.56. The van der Waals surface area contributed by atoms with Crippen molar-refractivity contribution in [1.82, 2.24) is 20.1 Å². The molecule has 3 rings (SSSR count). The summed E-state index contributed by atoms with van der Waals surface area (Å²) in [4.78, 5) is 37.0. The lowest BCUT2D eigenvalue weighted by molar-refractivity contribution is -0.139. The van der Waals surface area contributed by atoms with E-state index in [1.165, 1.54) is 19.3 Å². The number of aromatic nitrogens is 3. The Bertz CT molecular complexity index is 1160. The third-order valence-electron chi connectivity index (χ3n) is 5.22. The Morgan fingerprint density at radius 1 is 1.43 bits per heavy atom. The fourth-order valence-corrected chi connectivity index (χ4v) is 3.56. The van der Waals surface area contributed by atoms with Crippen molar-refractivity contribution in [3.63, 3.8) is 0 Å². The number of halogens is 3. The molecule has 14 heteroatoms. The zero-order chi connectivity index (χ0) is 25.6. The van der Waals surface area contributed by atoms with Crippen LogP contribution in [0.4, 0.5) is 24.7 Å². The number of aromatic amines is 1. The molecule has 0 aliphatic carbocycles. The first kappa shape index (κ1) is 25.5. The van der Waals surface area contributed by atoms with E-state index in [0.29, 0.717) is 25.2 Å². The Morgan fingerprint density at radius 3 is 2.83 bits per heavy atom. The van der Waals surface area contributed by atoms with Gasteiger partial charge in [-0.1, -0.05) is 5.16 Å². The van der Waals surface area contributed by atoms with E-state index in [1.54, 1.807) is 22.1 Å². The van der Waals surface area contributed by atoms with E-state index < -0.39 is 29.0 Å². The minimum absolute atomic E-state index is 0.133. The summed E-state index contributed by atoms with van der Waals surface area (Å²) in [5, 5.41) is 20.2. The highest BCUT2D eigenvalue weighted by Gasteiger charge is 2.37. The monoisotopic (exact) mass is 492 g/mol. The van der Waals surface area contributed by atoms with E-state index in [0.717, 1.165) is 12.0 Å². The van der Waals surface area contributed by atoms with Crippen LogP contribution in [0.3, 0.4) is 0 Å². The zero-order valence-electron chi connectivity index (χ0n) is 18.9. The van der Waals surface area contributed by atoms with Gasteiger partial charge in [0.05, 0.1) is 29.7 Å². The Labute approximate surface area is 198 Å². The van der Waals surface area contributed by atoms with Crippen molar-refractivity contribution in [2.24, 2.45) is 5.16 Å². The van der Waals surface area contributed by atoms with Gasteiger partial charge in [-0.25, -0.2) is 10.1 Å². The van der Waals surface area contributed by atoms with Gasteiger partial charge in [0.2, 0.25) is 0 Å². The number of H-pyrrole nitrogens is 1. The first-order valence-corrected chi connectivity index (χ1v) is 10.6. The SMILES string of the molecule is CC(/C=N/OCC(=O)N1CCN(c2ccc(C#N)cn2)CC1C)Nc1cn[nH]c(=O)c1C(F)(F)F. The number of anilines is 2. The van der Waals surface area contributed by atoms with Crippen molar-refractivity contribution in [2.75, 3.05) is 36.5 Å². The fourth-order valence-electron chi connectivity index (χ4n) is 3.56. The summed E-state index contributed by atoms with van der Waals surface area (Å²) in [5.74, 6) is 0.426. The van der Waals surface area contributed by atoms with Crippen molar-refractivity contribution < 1.29 is 22.8 Å². The quantitative estimate of drug-likeness (QED) is 0.439. The van der Waals surface area contributed by atoms with Gasteiger partial charge in [-0.05, 0) is 26.0 Å². The Morgan fingerprint density at radius 2 is 2.20 bits per heavy atom. The van der Waals surface area contributed by atoms with Gasteiger partial charge in [-0.3, -0.25) is 9.59 Å². The van der Waals surface area contributed by atoms with Gasteiger partial charge in [-0.2, -0.15) is 23.5 Å². The van der Waals surface area contributed by atoms with Crippen LogP contribution in [0.15, 0.2) is 34.5 Å². The molecule has 2 aromatic heterocycles. The normalized spacial score (nSPS) is 17.2. The number of carbonyl (C=O) groups is 1. The summed E-state index contributed by atoms with van der Waals surface area (Å²) in [6, 6.07) is 4.57. The standard InChI is InChI=1S/C21H23F3N8O3/c1-13(29-16-10-27-30-20(34)19(16)21(22,23)24)8-28-35-12-18(33)32-6-5-31(11-14(32)2)17-4-3-15(7-25)9-26-17/h3-4,8-10,13-14H,5-6,11-12H2,1-2H3,(H2,29,30,34)/b28-8+. The molecule has 1 fully saturated rings. The number of alkyl halides is 3. The van der Waals surface area contributed by atoms with E-state index >= 15 is 0 Å². The van der Waals surface area contributed by atoms with Crippen LogP contribution >= 0.6 is 0 Å². The Balaban J connectivity index is 1.49. The largest absolute Gasteiger partial charge is 0.423 e. The van der Waals surface area contributed by atoms with Crippen LogP contribution in [0.1, 0.15) is 25.0 Å². The van der Waals surface area contributed by atoms with Crippen LogP contribution in [0.25, 0.3) is 0 Å². The number of amides is 1. The maximum Gasteiger partial charge on any atom is 0.423 e. The van der Waals surface area contributed by atoms with Gasteiger partial charge >= 0.3 is 6.18 Å². The molecule has 2 N–H and O–H groups in total. The molecule has 0 bridgehead atoms. The number of hydrogen-bond donors (Lipinski definition) is 2. The maximum atomic E-state index is 13.1. The van der Waals surface area contributed by atoms with Crippen molar-refractivity contribution in [2.45, 2.75) is 32.1 Å². The van der Waals surface area contributed by atoms with E-state index in [-0.39, 0.29) is 18.6 Å². The van der Waals surface area contributed by atoms with Gasteiger partial charge in [0.25, 0.3) is 11.5 Å². The predicted molar refractivity (Wildman–Crippen MR) is 120 cm³/mol. The topological polar surface area (TPSA) is 140 Å². The molecule has 35 heavy (non-hydrogen) atoms. The molecule has 0 saturated carbocycles. The summed E-state index contributed by atoms with van der Waals surface area (Å²) < 4.78 is 39.3. The number of piperazine rings is 1. The molecular weight excluding hydrogens is 469 g/mol. The molecule has 3 heterocycles. The molecule has 1 aliphatic rings. The highest BCUT2D eigenvalue weighted by molar-refractivity contribution is 5.78. The molecule has 0 aromatic carbocycles. The highest BCUT2D eigenvalue weighted by atomic mass is 19.4. The smallest absolute Gasteiger partial charge is 0.386 e. The first-order chi connectivity index (χ1) is 16.6. The van der Waals surface area contributed by atoms with E-state index in [2.05, 4.69) is 20.6 Å². The number of oxime groups is 1. The molecule has 0 radical (unpaired) electrons. The number of pyridine rings is 1. The molecule has 1 aliphatic heterocycles. The number of nitrogens with zero attached hydrogens (tertiary/aromatic N) is 6. The molecule has 1 amide bonds. The molecule has 186 valence electrons. The van der Waals surface area contributed by atoms with Crippen molar-refractivity contribution in [3.8, 4) is 6.07 Å². The molecule has 2 unspecified atom stereocenters. The summed E-state index contributed by atoms with van der Waals surface area (Å²) in [6.07, 6.45) is -1.34. The molecule has 11 nitrogen and oxygen atoms in total. The van der Waals surface area contributed by atoms with Gasteiger partial charge in [-0.15, -0.1) is 0 Å². The first-order valence-electron chi connectivity index (χ1n) is 10.6. The third kappa shape index (κ3) is 6.46. The molecule has 2 aromatic rings. The average Bonchev–Trinajstić information content (AvgIpc) is 2.81. The Hall–Kier alpha value is -4.15. The molecule has 0 spiro atoms. The second-order valence-electron chi connectivity index (χ2n) is 7.85. The maximum absolute atomic E-state index is 13.1. The summed E-state index contributed by atoms with van der Waals surface area (Å²) in [5.41, 5.74) is -2.79. The summed E-state index contributed by atoms with van der Waals surface area (Å²) in [7, 11) is 0. The number of rotatable bonds is 7.